The van der Waals surface area contributed by atoms with Crippen LogP contribution in [-0.4, -0.2) is 21.0 Å². The summed E-state index contributed by atoms with van der Waals surface area (Å²) in [6, 6.07) is 5.92. The molecule has 98 valence electrons. The lowest BCUT2D eigenvalue weighted by atomic mass is 10.2. The van der Waals surface area contributed by atoms with Crippen LogP contribution >= 0.6 is 22.6 Å². The molecule has 1 aromatic carbocycles. The minimum atomic E-state index is -1.02. The highest BCUT2D eigenvalue weighted by atomic mass is 127. The fraction of sp³-hybridized carbons (Fsp3) is 0.154. The number of aryl methyl sites for hydroxylation is 2. The molecule has 0 fully saturated rings. The first kappa shape index (κ1) is 13.7. The number of hydrogen-bond acceptors (Lipinski definition) is 4. The number of nitrogens with zero attached hydrogens (tertiary/aromatic N) is 2. The third kappa shape index (κ3) is 3.19. The molecule has 2 aromatic rings. The van der Waals surface area contributed by atoms with Crippen molar-refractivity contribution in [2.75, 3.05) is 5.32 Å². The van der Waals surface area contributed by atoms with Crippen LogP contribution in [-0.2, 0) is 0 Å². The Morgan fingerprint density at radius 1 is 1.37 bits per heavy atom. The predicted octanol–water partition coefficient (Wildman–Crippen LogP) is 3.14. The van der Waals surface area contributed by atoms with Gasteiger partial charge in [0.05, 0.1) is 11.3 Å². The van der Waals surface area contributed by atoms with Crippen LogP contribution in [0.4, 0.5) is 11.6 Å². The Balaban J connectivity index is 2.26. The standard InChI is InChI=1S/C13H12IN3O2/c1-7-3-4-9(5-11(7)14)17-13-15-6-10(12(18)19)8(2)16-13/h3-6H,1-2H3,(H,18,19)(H,15,16,17). The van der Waals surface area contributed by atoms with E-state index >= 15 is 0 Å². The summed E-state index contributed by atoms with van der Waals surface area (Å²) in [5, 5.41) is 12.0. The molecule has 19 heavy (non-hydrogen) atoms. The van der Waals surface area contributed by atoms with E-state index in [2.05, 4.69) is 37.9 Å². The molecule has 6 heteroatoms. The summed E-state index contributed by atoms with van der Waals surface area (Å²) >= 11 is 2.25. The SMILES string of the molecule is Cc1ccc(Nc2ncc(C(=O)O)c(C)n2)cc1I. The molecule has 2 rings (SSSR count). The smallest absolute Gasteiger partial charge is 0.339 e. The van der Waals surface area contributed by atoms with Crippen molar-refractivity contribution in [2.45, 2.75) is 13.8 Å². The molecule has 0 saturated heterocycles. The summed E-state index contributed by atoms with van der Waals surface area (Å²) in [6.07, 6.45) is 1.31. The maximum atomic E-state index is 10.9. The van der Waals surface area contributed by atoms with Crippen molar-refractivity contribution in [3.05, 3.63) is 44.8 Å². The number of aromatic nitrogens is 2. The van der Waals surface area contributed by atoms with Gasteiger partial charge in [-0.3, -0.25) is 0 Å². The second-order valence-corrected chi connectivity index (χ2v) is 5.25. The Morgan fingerprint density at radius 3 is 2.68 bits per heavy atom. The van der Waals surface area contributed by atoms with E-state index in [9.17, 15) is 4.79 Å². The van der Waals surface area contributed by atoms with Crippen molar-refractivity contribution in [1.29, 1.82) is 0 Å². The minimum absolute atomic E-state index is 0.115. The van der Waals surface area contributed by atoms with E-state index < -0.39 is 5.97 Å². The van der Waals surface area contributed by atoms with Gasteiger partial charge in [0.2, 0.25) is 5.95 Å². The van der Waals surface area contributed by atoms with Gasteiger partial charge in [-0.1, -0.05) is 6.07 Å². The molecule has 0 aliphatic carbocycles. The zero-order valence-corrected chi connectivity index (χ0v) is 12.6. The molecule has 0 aliphatic rings. The highest BCUT2D eigenvalue weighted by Gasteiger charge is 2.10. The van der Waals surface area contributed by atoms with Crippen molar-refractivity contribution in [3.8, 4) is 0 Å². The van der Waals surface area contributed by atoms with Crippen molar-refractivity contribution >= 4 is 40.2 Å². The first-order valence-electron chi connectivity index (χ1n) is 5.57. The highest BCUT2D eigenvalue weighted by molar-refractivity contribution is 14.1. The lowest BCUT2D eigenvalue weighted by Crippen LogP contribution is -2.06. The van der Waals surface area contributed by atoms with Crippen molar-refractivity contribution in [3.63, 3.8) is 0 Å². The Morgan fingerprint density at radius 2 is 2.11 bits per heavy atom. The van der Waals surface area contributed by atoms with Crippen LogP contribution in [0.2, 0.25) is 0 Å². The predicted molar refractivity (Wildman–Crippen MR) is 80.9 cm³/mol. The molecule has 5 nitrogen and oxygen atoms in total. The van der Waals surface area contributed by atoms with Crippen LogP contribution in [0.25, 0.3) is 0 Å². The van der Waals surface area contributed by atoms with Crippen LogP contribution < -0.4 is 5.32 Å². The Labute approximate surface area is 124 Å². The van der Waals surface area contributed by atoms with E-state index in [1.165, 1.54) is 11.8 Å². The van der Waals surface area contributed by atoms with Crippen LogP contribution in [0.1, 0.15) is 21.6 Å². The third-order valence-corrected chi connectivity index (χ3v) is 3.80. The third-order valence-electron chi connectivity index (χ3n) is 2.64. The lowest BCUT2D eigenvalue weighted by Gasteiger charge is -2.08. The molecule has 0 bridgehead atoms. The van der Waals surface area contributed by atoms with E-state index in [0.29, 0.717) is 11.6 Å². The molecule has 0 atom stereocenters. The van der Waals surface area contributed by atoms with E-state index in [1.807, 2.05) is 25.1 Å². The maximum Gasteiger partial charge on any atom is 0.339 e. The summed E-state index contributed by atoms with van der Waals surface area (Å²) in [4.78, 5) is 19.0. The summed E-state index contributed by atoms with van der Waals surface area (Å²) in [7, 11) is 0. The monoisotopic (exact) mass is 369 g/mol. The maximum absolute atomic E-state index is 10.9. The van der Waals surface area contributed by atoms with Gasteiger partial charge in [0.25, 0.3) is 0 Å². The molecule has 0 unspecified atom stereocenters. The number of carboxylic acids is 1. The molecule has 1 heterocycles. The van der Waals surface area contributed by atoms with E-state index in [1.54, 1.807) is 6.92 Å². The van der Waals surface area contributed by atoms with Crippen molar-refractivity contribution in [2.24, 2.45) is 0 Å². The Bertz CT molecular complexity index is 644. The molecule has 1 aromatic heterocycles. The highest BCUT2D eigenvalue weighted by Crippen LogP contribution is 2.19. The van der Waals surface area contributed by atoms with Crippen LogP contribution in [0.15, 0.2) is 24.4 Å². The topological polar surface area (TPSA) is 75.1 Å². The average Bonchev–Trinajstić information content (AvgIpc) is 2.33. The van der Waals surface area contributed by atoms with Gasteiger partial charge in [-0.2, -0.15) is 0 Å². The largest absolute Gasteiger partial charge is 0.478 e. The number of carbonyl (C=O) groups is 1. The summed E-state index contributed by atoms with van der Waals surface area (Å²) < 4.78 is 1.14. The second-order valence-electron chi connectivity index (χ2n) is 4.09. The van der Waals surface area contributed by atoms with Gasteiger partial charge >= 0.3 is 5.97 Å². The normalized spacial score (nSPS) is 10.3. The van der Waals surface area contributed by atoms with E-state index in [-0.39, 0.29) is 5.56 Å². The molecule has 2 N–H and O–H groups in total. The fourth-order valence-electron chi connectivity index (χ4n) is 1.54. The van der Waals surface area contributed by atoms with Gasteiger partial charge in [0.15, 0.2) is 0 Å². The second kappa shape index (κ2) is 5.52. The summed E-state index contributed by atoms with van der Waals surface area (Å²) in [6.45, 7) is 3.68. The molecule has 0 spiro atoms. The fourth-order valence-corrected chi connectivity index (χ4v) is 2.05. The van der Waals surface area contributed by atoms with Crippen molar-refractivity contribution in [1.82, 2.24) is 9.97 Å². The Hall–Kier alpha value is -1.70. The molecular weight excluding hydrogens is 357 g/mol. The summed E-state index contributed by atoms with van der Waals surface area (Å²) in [5.74, 6) is -0.629. The average molecular weight is 369 g/mol. The number of hydrogen-bond donors (Lipinski definition) is 2. The first-order chi connectivity index (χ1) is 8.97. The van der Waals surface area contributed by atoms with Gasteiger partial charge in [-0.15, -0.1) is 0 Å². The number of anilines is 2. The van der Waals surface area contributed by atoms with E-state index in [0.717, 1.165) is 9.26 Å². The quantitative estimate of drug-likeness (QED) is 0.814. The lowest BCUT2D eigenvalue weighted by molar-refractivity contribution is 0.0695. The number of rotatable bonds is 3. The number of nitrogens with one attached hydrogen (secondary N) is 1. The number of carboxylic acid groups (broad SMARTS) is 1. The van der Waals surface area contributed by atoms with Gasteiger partial charge in [-0.25, -0.2) is 14.8 Å². The molecular formula is C13H12IN3O2. The van der Waals surface area contributed by atoms with Gasteiger partial charge < -0.3 is 10.4 Å². The van der Waals surface area contributed by atoms with E-state index in [4.69, 9.17) is 5.11 Å². The number of aromatic carboxylic acids is 1. The zero-order valence-electron chi connectivity index (χ0n) is 10.4. The molecule has 0 aliphatic heterocycles. The Kier molecular flexibility index (Phi) is 3.98. The number of halogens is 1. The molecule has 0 amide bonds. The zero-order chi connectivity index (χ0) is 14.0. The number of benzene rings is 1. The van der Waals surface area contributed by atoms with Crippen LogP contribution in [0, 0.1) is 17.4 Å². The molecule has 0 radical (unpaired) electrons. The molecule has 0 saturated carbocycles. The van der Waals surface area contributed by atoms with Gasteiger partial charge in [-0.05, 0) is 54.1 Å². The van der Waals surface area contributed by atoms with Crippen LogP contribution in [0.5, 0.6) is 0 Å². The van der Waals surface area contributed by atoms with Crippen molar-refractivity contribution < 1.29 is 9.90 Å². The van der Waals surface area contributed by atoms with Crippen LogP contribution in [0.3, 0.4) is 0 Å². The summed E-state index contributed by atoms with van der Waals surface area (Å²) in [5.41, 5.74) is 2.62. The van der Waals surface area contributed by atoms with Gasteiger partial charge in [0.1, 0.15) is 0 Å². The first-order valence-corrected chi connectivity index (χ1v) is 6.65. The minimum Gasteiger partial charge on any atom is -0.478 e. The van der Waals surface area contributed by atoms with Gasteiger partial charge in [0, 0.05) is 15.5 Å².